The van der Waals surface area contributed by atoms with Gasteiger partial charge in [0.05, 0.1) is 12.5 Å². The van der Waals surface area contributed by atoms with Gasteiger partial charge in [0.2, 0.25) is 5.91 Å². The maximum absolute atomic E-state index is 11.2. The van der Waals surface area contributed by atoms with Gasteiger partial charge >= 0.3 is 11.9 Å². The Labute approximate surface area is 86.5 Å². The topological polar surface area (TPSA) is 116 Å². The molecule has 0 rings (SSSR count). The highest BCUT2D eigenvalue weighted by atomic mass is 16.4. The molecule has 0 saturated heterocycles. The smallest absolute Gasteiger partial charge is 0.326 e. The number of carbonyl (C=O) groups excluding carboxylic acids is 1. The van der Waals surface area contributed by atoms with E-state index in [1.807, 2.05) is 0 Å². The van der Waals surface area contributed by atoms with Crippen molar-refractivity contribution in [3.8, 4) is 0 Å². The number of carboxylic acid groups (broad SMARTS) is 2. The average Bonchev–Trinajstić information content (AvgIpc) is 2.14. The first-order chi connectivity index (χ1) is 6.88. The van der Waals surface area contributed by atoms with Crippen LogP contribution in [0.5, 0.6) is 0 Å². The minimum absolute atomic E-state index is 0.550. The molecule has 0 spiro atoms. The maximum Gasteiger partial charge on any atom is 0.326 e. The highest BCUT2D eigenvalue weighted by Crippen LogP contribution is 1.94. The lowest BCUT2D eigenvalue weighted by Gasteiger charge is -2.15. The van der Waals surface area contributed by atoms with Crippen LogP contribution in [0, 0.1) is 0 Å². The number of aliphatic carboxylic acids is 2. The van der Waals surface area contributed by atoms with Crippen molar-refractivity contribution in [3.05, 3.63) is 0 Å². The van der Waals surface area contributed by atoms with Gasteiger partial charge in [0.25, 0.3) is 0 Å². The van der Waals surface area contributed by atoms with Gasteiger partial charge in [-0.05, 0) is 14.0 Å². The molecule has 2 unspecified atom stereocenters. The second kappa shape index (κ2) is 5.97. The van der Waals surface area contributed by atoms with Crippen LogP contribution in [0.15, 0.2) is 0 Å². The van der Waals surface area contributed by atoms with E-state index in [1.165, 1.54) is 14.0 Å². The zero-order valence-corrected chi connectivity index (χ0v) is 8.48. The lowest BCUT2D eigenvalue weighted by Crippen LogP contribution is -2.48. The van der Waals surface area contributed by atoms with Crippen LogP contribution >= 0.6 is 0 Å². The molecule has 0 aliphatic rings. The number of hydrogen-bond acceptors (Lipinski definition) is 4. The summed E-state index contributed by atoms with van der Waals surface area (Å²) < 4.78 is 0. The van der Waals surface area contributed by atoms with Crippen LogP contribution in [-0.2, 0) is 14.4 Å². The molecular formula is C8H14N2O5. The van der Waals surface area contributed by atoms with Crippen molar-refractivity contribution in [2.45, 2.75) is 25.4 Å². The van der Waals surface area contributed by atoms with Gasteiger partial charge in [-0.25, -0.2) is 4.79 Å². The predicted octanol–water partition coefficient (Wildman–Crippen LogP) is -1.36. The molecule has 0 aromatic heterocycles. The molecule has 1 amide bonds. The third-order valence-electron chi connectivity index (χ3n) is 1.82. The van der Waals surface area contributed by atoms with Gasteiger partial charge in [-0.1, -0.05) is 0 Å². The fraction of sp³-hybridized carbons (Fsp3) is 0.625. The molecule has 0 heterocycles. The Bertz CT molecular complexity index is 266. The second-order valence-electron chi connectivity index (χ2n) is 3.01. The molecule has 4 N–H and O–H groups in total. The van der Waals surface area contributed by atoms with Gasteiger partial charge in [0.1, 0.15) is 6.04 Å². The molecule has 15 heavy (non-hydrogen) atoms. The third kappa shape index (κ3) is 4.96. The van der Waals surface area contributed by atoms with Crippen LogP contribution in [-0.4, -0.2) is 47.2 Å². The van der Waals surface area contributed by atoms with E-state index in [0.29, 0.717) is 0 Å². The number of amides is 1. The summed E-state index contributed by atoms with van der Waals surface area (Å²) in [6.07, 6.45) is -0.641. The largest absolute Gasteiger partial charge is 0.481 e. The Morgan fingerprint density at radius 3 is 2.13 bits per heavy atom. The molecule has 86 valence electrons. The first kappa shape index (κ1) is 13.4. The summed E-state index contributed by atoms with van der Waals surface area (Å²) in [4.78, 5) is 32.1. The zero-order valence-electron chi connectivity index (χ0n) is 8.48. The third-order valence-corrected chi connectivity index (χ3v) is 1.82. The first-order valence-corrected chi connectivity index (χ1v) is 4.30. The summed E-state index contributed by atoms with van der Waals surface area (Å²) in [5.41, 5.74) is 0. The molecular weight excluding hydrogens is 204 g/mol. The fourth-order valence-corrected chi connectivity index (χ4v) is 0.803. The molecule has 2 atom stereocenters. The molecule has 7 heteroatoms. The zero-order chi connectivity index (χ0) is 12.0. The molecule has 0 aliphatic heterocycles. The Morgan fingerprint density at radius 1 is 1.27 bits per heavy atom. The van der Waals surface area contributed by atoms with E-state index in [9.17, 15) is 14.4 Å². The van der Waals surface area contributed by atoms with E-state index >= 15 is 0 Å². The fourth-order valence-electron chi connectivity index (χ4n) is 0.803. The number of likely N-dealkylation sites (N-methyl/N-ethyl adjacent to an activating group) is 1. The van der Waals surface area contributed by atoms with Gasteiger partial charge in [-0.15, -0.1) is 0 Å². The van der Waals surface area contributed by atoms with Gasteiger partial charge in [-0.2, -0.15) is 0 Å². The number of carbonyl (C=O) groups is 3. The predicted molar refractivity (Wildman–Crippen MR) is 50.3 cm³/mol. The molecule has 0 aromatic carbocycles. The van der Waals surface area contributed by atoms with Crippen LogP contribution in [0.2, 0.25) is 0 Å². The number of hydrogen-bond donors (Lipinski definition) is 4. The molecule has 0 radical (unpaired) electrons. The first-order valence-electron chi connectivity index (χ1n) is 4.30. The summed E-state index contributed by atoms with van der Waals surface area (Å²) in [6.45, 7) is 1.54. The minimum atomic E-state index is -1.40. The summed E-state index contributed by atoms with van der Waals surface area (Å²) in [6, 6.07) is -1.97. The van der Waals surface area contributed by atoms with Crippen molar-refractivity contribution in [2.24, 2.45) is 0 Å². The molecule has 0 aromatic rings. The lowest BCUT2D eigenvalue weighted by atomic mass is 10.2. The summed E-state index contributed by atoms with van der Waals surface area (Å²) in [7, 11) is 1.54. The Kier molecular flexibility index (Phi) is 5.32. The number of rotatable bonds is 6. The summed E-state index contributed by atoms with van der Waals surface area (Å²) in [5, 5.41) is 21.8. The average molecular weight is 218 g/mol. The van der Waals surface area contributed by atoms with Crippen molar-refractivity contribution >= 4 is 17.8 Å². The molecule has 0 bridgehead atoms. The molecule has 0 fully saturated rings. The van der Waals surface area contributed by atoms with Crippen LogP contribution in [0.4, 0.5) is 0 Å². The van der Waals surface area contributed by atoms with Gasteiger partial charge in [0, 0.05) is 0 Å². The van der Waals surface area contributed by atoms with Crippen molar-refractivity contribution in [1.29, 1.82) is 0 Å². The Balaban J connectivity index is 4.35. The maximum atomic E-state index is 11.2. The quantitative estimate of drug-likeness (QED) is 0.437. The standard InChI is InChI=1S/C8H14N2O5/c1-4(9-2)7(13)10-5(8(14)15)3-6(11)12/h4-5,9H,3H2,1-2H3,(H,10,13)(H,11,12)(H,14,15). The van der Waals surface area contributed by atoms with E-state index in [-0.39, 0.29) is 0 Å². The van der Waals surface area contributed by atoms with Crippen LogP contribution in [0.1, 0.15) is 13.3 Å². The van der Waals surface area contributed by atoms with Crippen LogP contribution in [0.25, 0.3) is 0 Å². The van der Waals surface area contributed by atoms with Crippen molar-refractivity contribution in [3.63, 3.8) is 0 Å². The Hall–Kier alpha value is -1.63. The number of nitrogens with one attached hydrogen (secondary N) is 2. The monoisotopic (exact) mass is 218 g/mol. The highest BCUT2D eigenvalue weighted by molar-refractivity contribution is 5.88. The van der Waals surface area contributed by atoms with E-state index in [4.69, 9.17) is 10.2 Å². The summed E-state index contributed by atoms with van der Waals surface area (Å²) in [5.74, 6) is -3.19. The Morgan fingerprint density at radius 2 is 1.80 bits per heavy atom. The van der Waals surface area contributed by atoms with Crippen LogP contribution < -0.4 is 10.6 Å². The van der Waals surface area contributed by atoms with Gasteiger partial charge < -0.3 is 20.8 Å². The van der Waals surface area contributed by atoms with E-state index in [2.05, 4.69) is 10.6 Å². The minimum Gasteiger partial charge on any atom is -0.481 e. The van der Waals surface area contributed by atoms with Gasteiger partial charge in [-0.3, -0.25) is 9.59 Å². The lowest BCUT2D eigenvalue weighted by molar-refractivity contribution is -0.147. The molecule has 7 nitrogen and oxygen atoms in total. The number of carboxylic acids is 2. The van der Waals surface area contributed by atoms with E-state index in [0.717, 1.165) is 0 Å². The van der Waals surface area contributed by atoms with Crippen molar-refractivity contribution in [1.82, 2.24) is 10.6 Å². The van der Waals surface area contributed by atoms with Crippen molar-refractivity contribution in [2.75, 3.05) is 7.05 Å². The van der Waals surface area contributed by atoms with E-state index < -0.39 is 36.4 Å². The van der Waals surface area contributed by atoms with Crippen molar-refractivity contribution < 1.29 is 24.6 Å². The SMILES string of the molecule is CNC(C)C(=O)NC(CC(=O)O)C(=O)O. The normalized spacial score (nSPS) is 14.0. The van der Waals surface area contributed by atoms with E-state index in [1.54, 1.807) is 0 Å². The van der Waals surface area contributed by atoms with Crippen LogP contribution in [0.3, 0.4) is 0 Å². The summed E-state index contributed by atoms with van der Waals surface area (Å²) >= 11 is 0. The molecule has 0 saturated carbocycles. The second-order valence-corrected chi connectivity index (χ2v) is 3.01. The highest BCUT2D eigenvalue weighted by Gasteiger charge is 2.24. The molecule has 0 aliphatic carbocycles. The van der Waals surface area contributed by atoms with Gasteiger partial charge in [0.15, 0.2) is 0 Å².